The molecule has 0 aliphatic rings. The molecule has 0 fully saturated rings. The van der Waals surface area contributed by atoms with Gasteiger partial charge in [-0.15, -0.1) is 0 Å². The summed E-state index contributed by atoms with van der Waals surface area (Å²) in [6.07, 6.45) is 1.96. The standard InChI is InChI=1S/C11H12N2O/c1-8-6-9(7-11(14)12-8)10-4-3-5-13(10)2/h3-7H,1-2H3,(H,12,14). The zero-order valence-corrected chi connectivity index (χ0v) is 8.24. The van der Waals surface area contributed by atoms with Gasteiger partial charge in [-0.3, -0.25) is 4.79 Å². The summed E-state index contributed by atoms with van der Waals surface area (Å²) < 4.78 is 1.99. The van der Waals surface area contributed by atoms with E-state index in [1.165, 1.54) is 0 Å². The van der Waals surface area contributed by atoms with Crippen LogP contribution in [0.4, 0.5) is 0 Å². The van der Waals surface area contributed by atoms with E-state index in [1.54, 1.807) is 6.07 Å². The highest BCUT2D eigenvalue weighted by atomic mass is 16.1. The van der Waals surface area contributed by atoms with Crippen LogP contribution in [0.15, 0.2) is 35.3 Å². The second kappa shape index (κ2) is 3.18. The smallest absolute Gasteiger partial charge is 0.248 e. The third-order valence-electron chi connectivity index (χ3n) is 2.22. The first-order valence-electron chi connectivity index (χ1n) is 4.49. The molecule has 0 amide bonds. The molecule has 0 aliphatic carbocycles. The van der Waals surface area contributed by atoms with Crippen molar-refractivity contribution in [3.05, 3.63) is 46.5 Å². The minimum absolute atomic E-state index is 0.0544. The maximum atomic E-state index is 11.3. The normalized spacial score (nSPS) is 10.4. The van der Waals surface area contributed by atoms with E-state index in [9.17, 15) is 4.79 Å². The minimum atomic E-state index is -0.0544. The molecule has 72 valence electrons. The molecule has 2 aromatic rings. The molecule has 0 aromatic carbocycles. The fraction of sp³-hybridized carbons (Fsp3) is 0.182. The van der Waals surface area contributed by atoms with Crippen LogP contribution in [-0.2, 0) is 7.05 Å². The average molecular weight is 188 g/mol. The Morgan fingerprint density at radius 1 is 1.36 bits per heavy atom. The van der Waals surface area contributed by atoms with Crippen LogP contribution in [0.5, 0.6) is 0 Å². The molecule has 2 aromatic heterocycles. The van der Waals surface area contributed by atoms with Crippen molar-refractivity contribution in [3.8, 4) is 11.3 Å². The van der Waals surface area contributed by atoms with Crippen molar-refractivity contribution in [3.63, 3.8) is 0 Å². The number of aryl methyl sites for hydroxylation is 2. The molecule has 0 saturated carbocycles. The lowest BCUT2D eigenvalue weighted by atomic mass is 10.2. The zero-order valence-electron chi connectivity index (χ0n) is 8.24. The van der Waals surface area contributed by atoms with Crippen LogP contribution in [0.3, 0.4) is 0 Å². The maximum absolute atomic E-state index is 11.3. The van der Waals surface area contributed by atoms with Gasteiger partial charge in [-0.25, -0.2) is 0 Å². The lowest BCUT2D eigenvalue weighted by Gasteiger charge is -2.03. The van der Waals surface area contributed by atoms with E-state index in [0.717, 1.165) is 17.0 Å². The van der Waals surface area contributed by atoms with E-state index in [0.29, 0.717) is 0 Å². The van der Waals surface area contributed by atoms with Crippen LogP contribution < -0.4 is 5.56 Å². The van der Waals surface area contributed by atoms with Crippen molar-refractivity contribution < 1.29 is 0 Å². The molecule has 2 heterocycles. The first-order valence-corrected chi connectivity index (χ1v) is 4.49. The molecule has 0 unspecified atom stereocenters. The third kappa shape index (κ3) is 1.48. The number of nitrogens with one attached hydrogen (secondary N) is 1. The van der Waals surface area contributed by atoms with Crippen molar-refractivity contribution in [1.29, 1.82) is 0 Å². The molecule has 1 N–H and O–H groups in total. The molecular formula is C11H12N2O. The van der Waals surface area contributed by atoms with Gasteiger partial charge in [-0.2, -0.15) is 0 Å². The number of nitrogens with zero attached hydrogens (tertiary/aromatic N) is 1. The predicted molar refractivity (Wildman–Crippen MR) is 56.2 cm³/mol. The van der Waals surface area contributed by atoms with Gasteiger partial charge < -0.3 is 9.55 Å². The molecule has 2 rings (SSSR count). The SMILES string of the molecule is Cc1cc(-c2cccn2C)cc(=O)[nH]1. The van der Waals surface area contributed by atoms with Crippen LogP contribution in [-0.4, -0.2) is 9.55 Å². The molecule has 0 radical (unpaired) electrons. The molecule has 14 heavy (non-hydrogen) atoms. The Hall–Kier alpha value is -1.77. The van der Waals surface area contributed by atoms with Crippen LogP contribution >= 0.6 is 0 Å². The van der Waals surface area contributed by atoms with Crippen LogP contribution in [0.2, 0.25) is 0 Å². The van der Waals surface area contributed by atoms with Gasteiger partial charge in [0.05, 0.1) is 0 Å². The summed E-state index contributed by atoms with van der Waals surface area (Å²) in [6, 6.07) is 7.54. The predicted octanol–water partition coefficient (Wildman–Crippen LogP) is 1.69. The first kappa shape index (κ1) is 8.81. The van der Waals surface area contributed by atoms with E-state index < -0.39 is 0 Å². The number of pyridine rings is 1. The zero-order chi connectivity index (χ0) is 10.1. The highest BCUT2D eigenvalue weighted by Gasteiger charge is 2.02. The molecule has 3 heteroatoms. The number of hydrogen-bond acceptors (Lipinski definition) is 1. The summed E-state index contributed by atoms with van der Waals surface area (Å²) in [5, 5.41) is 0. The van der Waals surface area contributed by atoms with Gasteiger partial charge in [0.2, 0.25) is 5.56 Å². The largest absolute Gasteiger partial charge is 0.351 e. The van der Waals surface area contributed by atoms with Crippen LogP contribution in [0.1, 0.15) is 5.69 Å². The Morgan fingerprint density at radius 3 is 2.71 bits per heavy atom. The molecule has 0 saturated heterocycles. The number of aromatic nitrogens is 2. The lowest BCUT2D eigenvalue weighted by Crippen LogP contribution is -2.06. The van der Waals surface area contributed by atoms with E-state index in [-0.39, 0.29) is 5.56 Å². The summed E-state index contributed by atoms with van der Waals surface area (Å²) in [7, 11) is 1.96. The topological polar surface area (TPSA) is 37.8 Å². The Bertz CT molecular complexity index is 508. The molecule has 0 aliphatic heterocycles. The first-order chi connectivity index (χ1) is 6.66. The third-order valence-corrected chi connectivity index (χ3v) is 2.22. The van der Waals surface area contributed by atoms with Crippen LogP contribution in [0, 0.1) is 6.92 Å². The van der Waals surface area contributed by atoms with Gasteiger partial charge in [-0.05, 0) is 25.1 Å². The maximum Gasteiger partial charge on any atom is 0.248 e. The van der Waals surface area contributed by atoms with E-state index in [1.807, 2.05) is 42.9 Å². The number of aromatic amines is 1. The van der Waals surface area contributed by atoms with Gasteiger partial charge in [0.15, 0.2) is 0 Å². The van der Waals surface area contributed by atoms with E-state index in [2.05, 4.69) is 4.98 Å². The second-order valence-corrected chi connectivity index (χ2v) is 3.42. The summed E-state index contributed by atoms with van der Waals surface area (Å²) in [6.45, 7) is 1.88. The monoisotopic (exact) mass is 188 g/mol. The van der Waals surface area contributed by atoms with Crippen molar-refractivity contribution in [2.45, 2.75) is 6.92 Å². The van der Waals surface area contributed by atoms with E-state index >= 15 is 0 Å². The summed E-state index contributed by atoms with van der Waals surface area (Å²) >= 11 is 0. The van der Waals surface area contributed by atoms with Gasteiger partial charge in [0.25, 0.3) is 0 Å². The minimum Gasteiger partial charge on any atom is -0.351 e. The van der Waals surface area contributed by atoms with Crippen molar-refractivity contribution in [1.82, 2.24) is 9.55 Å². The number of H-pyrrole nitrogens is 1. The lowest BCUT2D eigenvalue weighted by molar-refractivity contribution is 0.935. The average Bonchev–Trinajstić information content (AvgIpc) is 2.49. The Morgan fingerprint density at radius 2 is 2.14 bits per heavy atom. The van der Waals surface area contributed by atoms with Crippen LogP contribution in [0.25, 0.3) is 11.3 Å². The molecule has 3 nitrogen and oxygen atoms in total. The fourth-order valence-electron chi connectivity index (χ4n) is 1.59. The summed E-state index contributed by atoms with van der Waals surface area (Å²) in [4.78, 5) is 14.0. The Balaban J connectivity index is 2.63. The van der Waals surface area contributed by atoms with Gasteiger partial charge >= 0.3 is 0 Å². The molecular weight excluding hydrogens is 176 g/mol. The molecule has 0 spiro atoms. The molecule has 0 bridgehead atoms. The molecule has 0 atom stereocenters. The summed E-state index contributed by atoms with van der Waals surface area (Å²) in [5.41, 5.74) is 2.84. The highest BCUT2D eigenvalue weighted by Crippen LogP contribution is 2.17. The number of hydrogen-bond donors (Lipinski definition) is 1. The van der Waals surface area contributed by atoms with Crippen molar-refractivity contribution >= 4 is 0 Å². The Labute approximate surface area is 82.0 Å². The second-order valence-electron chi connectivity index (χ2n) is 3.42. The number of rotatable bonds is 1. The fourth-order valence-corrected chi connectivity index (χ4v) is 1.59. The van der Waals surface area contributed by atoms with Crippen molar-refractivity contribution in [2.75, 3.05) is 0 Å². The highest BCUT2D eigenvalue weighted by molar-refractivity contribution is 5.59. The van der Waals surface area contributed by atoms with E-state index in [4.69, 9.17) is 0 Å². The van der Waals surface area contributed by atoms with Gasteiger partial charge in [-0.1, -0.05) is 0 Å². The van der Waals surface area contributed by atoms with Gasteiger partial charge in [0, 0.05) is 36.3 Å². The summed E-state index contributed by atoms with van der Waals surface area (Å²) in [5.74, 6) is 0. The Kier molecular flexibility index (Phi) is 2.00. The van der Waals surface area contributed by atoms with Crippen molar-refractivity contribution in [2.24, 2.45) is 7.05 Å². The van der Waals surface area contributed by atoms with Gasteiger partial charge in [0.1, 0.15) is 0 Å². The quantitative estimate of drug-likeness (QED) is 0.726.